The second kappa shape index (κ2) is 7.92. The summed E-state index contributed by atoms with van der Waals surface area (Å²) in [6, 6.07) is 0. The van der Waals surface area contributed by atoms with Crippen LogP contribution in [-0.4, -0.2) is 48.4 Å². The van der Waals surface area contributed by atoms with Crippen LogP contribution in [0.15, 0.2) is 0 Å². The minimum Gasteiger partial charge on any atom is -0.633 e. The molecule has 0 spiro atoms. The zero-order chi connectivity index (χ0) is 16.8. The van der Waals surface area contributed by atoms with Gasteiger partial charge in [-0.25, -0.2) is 0 Å². The van der Waals surface area contributed by atoms with E-state index in [0.717, 1.165) is 0 Å². The number of hydrogen-bond acceptors (Lipinski definition) is 5. The highest BCUT2D eigenvalue weighted by molar-refractivity contribution is 5.72. The number of carbonyl (C=O) groups excluding carboxylic acids is 2. The van der Waals surface area contributed by atoms with Crippen molar-refractivity contribution < 1.29 is 23.7 Å². The Balaban J connectivity index is 2.30. The van der Waals surface area contributed by atoms with E-state index in [0.29, 0.717) is 45.5 Å². The second-order valence-electron chi connectivity index (χ2n) is 6.95. The Bertz CT molecular complexity index is 380. The third-order valence-electron chi connectivity index (χ3n) is 3.76. The van der Waals surface area contributed by atoms with Gasteiger partial charge in [0, 0.05) is 19.3 Å². The number of quaternary nitrogens is 1. The Kier molecular flexibility index (Phi) is 6.81. The fourth-order valence-electron chi connectivity index (χ4n) is 2.66. The number of rotatable bonds is 6. The van der Waals surface area contributed by atoms with E-state index in [1.807, 2.05) is 20.8 Å². The van der Waals surface area contributed by atoms with Crippen LogP contribution in [0.3, 0.4) is 0 Å². The molecule has 0 aromatic rings. The lowest BCUT2D eigenvalue weighted by molar-refractivity contribution is -0.886. The maximum Gasteiger partial charge on any atom is 0.309 e. The van der Waals surface area contributed by atoms with E-state index in [9.17, 15) is 14.8 Å². The van der Waals surface area contributed by atoms with E-state index in [4.69, 9.17) is 9.47 Å². The number of piperidine rings is 1. The number of nitrogens with zero attached hydrogens (tertiary/aromatic N) is 1. The highest BCUT2D eigenvalue weighted by Gasteiger charge is 2.31. The van der Waals surface area contributed by atoms with Crippen molar-refractivity contribution in [1.29, 1.82) is 0 Å². The summed E-state index contributed by atoms with van der Waals surface area (Å²) in [6.45, 7) is 8.87. The van der Waals surface area contributed by atoms with Crippen molar-refractivity contribution in [2.45, 2.75) is 59.0 Å². The fraction of sp³-hybridized carbons (Fsp3) is 0.875. The molecule has 1 rings (SSSR count). The summed E-state index contributed by atoms with van der Waals surface area (Å²) in [7, 11) is 0. The quantitative estimate of drug-likeness (QED) is 0.427. The molecule has 0 saturated carbocycles. The summed E-state index contributed by atoms with van der Waals surface area (Å²) in [5.74, 6) is -0.603. The Morgan fingerprint density at radius 3 is 2.32 bits per heavy atom. The summed E-state index contributed by atoms with van der Waals surface area (Å²) in [6.07, 6.45) is 1.91. The topological polar surface area (TPSA) is 75.7 Å². The highest BCUT2D eigenvalue weighted by Crippen LogP contribution is 2.24. The molecule has 6 nitrogen and oxygen atoms in total. The van der Waals surface area contributed by atoms with Gasteiger partial charge in [0.25, 0.3) is 0 Å². The highest BCUT2D eigenvalue weighted by atomic mass is 16.6. The first-order valence-corrected chi connectivity index (χ1v) is 8.11. The largest absolute Gasteiger partial charge is 0.633 e. The molecule has 0 unspecified atom stereocenters. The van der Waals surface area contributed by atoms with E-state index in [2.05, 4.69) is 0 Å². The van der Waals surface area contributed by atoms with Crippen molar-refractivity contribution in [2.24, 2.45) is 5.92 Å². The van der Waals surface area contributed by atoms with Crippen LogP contribution >= 0.6 is 0 Å². The summed E-state index contributed by atoms with van der Waals surface area (Å²) < 4.78 is 9.91. The molecule has 128 valence electrons. The van der Waals surface area contributed by atoms with Crippen LogP contribution < -0.4 is 0 Å². The Labute approximate surface area is 132 Å². The Morgan fingerprint density at radius 2 is 1.82 bits per heavy atom. The van der Waals surface area contributed by atoms with Gasteiger partial charge >= 0.3 is 11.9 Å². The number of esters is 2. The molecule has 0 N–H and O–H groups in total. The standard InChI is InChI=1S/C16H29NO5/c1-5-21-15(19)13-8-11-17(20,12-9-13)10-6-7-14(18)22-16(2,3)4/h13H,5-12H2,1-4H3. The number of ether oxygens (including phenoxy) is 2. The molecule has 1 heterocycles. The summed E-state index contributed by atoms with van der Waals surface area (Å²) in [4.78, 5) is 23.3. The van der Waals surface area contributed by atoms with Crippen LogP contribution in [0, 0.1) is 11.1 Å². The zero-order valence-electron chi connectivity index (χ0n) is 14.2. The molecule has 1 aliphatic rings. The lowest BCUT2D eigenvalue weighted by Gasteiger charge is -2.47. The van der Waals surface area contributed by atoms with Crippen LogP contribution in [0.5, 0.6) is 0 Å². The number of hydroxylamine groups is 3. The van der Waals surface area contributed by atoms with Gasteiger partial charge in [-0.2, -0.15) is 0 Å². The van der Waals surface area contributed by atoms with E-state index < -0.39 is 5.60 Å². The molecule has 0 aromatic heterocycles. The number of carbonyl (C=O) groups is 2. The van der Waals surface area contributed by atoms with Crippen molar-refractivity contribution in [3.63, 3.8) is 0 Å². The Hall–Kier alpha value is -1.14. The lowest BCUT2D eigenvalue weighted by Crippen LogP contribution is -2.50. The van der Waals surface area contributed by atoms with E-state index >= 15 is 0 Å². The summed E-state index contributed by atoms with van der Waals surface area (Å²) in [5.41, 5.74) is -0.487. The molecule has 0 aromatic carbocycles. The zero-order valence-corrected chi connectivity index (χ0v) is 14.2. The van der Waals surface area contributed by atoms with Gasteiger partial charge in [0.2, 0.25) is 0 Å². The van der Waals surface area contributed by atoms with Crippen molar-refractivity contribution in [2.75, 3.05) is 26.2 Å². The molecule has 6 heteroatoms. The second-order valence-corrected chi connectivity index (χ2v) is 6.95. The minimum atomic E-state index is -0.487. The summed E-state index contributed by atoms with van der Waals surface area (Å²) in [5, 5.41) is 12.5. The smallest absolute Gasteiger partial charge is 0.309 e. The molecule has 22 heavy (non-hydrogen) atoms. The maximum atomic E-state index is 12.5. The molecule has 1 aliphatic heterocycles. The van der Waals surface area contributed by atoms with Gasteiger partial charge in [0.1, 0.15) is 5.60 Å². The van der Waals surface area contributed by atoms with Gasteiger partial charge < -0.3 is 19.3 Å². The van der Waals surface area contributed by atoms with Gasteiger partial charge in [0.15, 0.2) is 0 Å². The molecular formula is C16H29NO5. The first kappa shape index (κ1) is 18.9. The number of hydrogen-bond donors (Lipinski definition) is 0. The van der Waals surface area contributed by atoms with E-state index in [1.54, 1.807) is 6.92 Å². The predicted molar refractivity (Wildman–Crippen MR) is 82.7 cm³/mol. The molecule has 0 bridgehead atoms. The lowest BCUT2D eigenvalue weighted by atomic mass is 9.96. The average Bonchev–Trinajstić information content (AvgIpc) is 2.37. The third kappa shape index (κ3) is 6.75. The third-order valence-corrected chi connectivity index (χ3v) is 3.76. The van der Waals surface area contributed by atoms with Gasteiger partial charge in [-0.05, 0) is 27.7 Å². The SMILES string of the molecule is CCOC(=O)C1CC[N+]([O-])(CCCC(=O)OC(C)(C)C)CC1. The van der Waals surface area contributed by atoms with Gasteiger partial charge in [-0.15, -0.1) is 0 Å². The van der Waals surface area contributed by atoms with Crippen LogP contribution in [0.4, 0.5) is 0 Å². The number of likely N-dealkylation sites (tertiary alicyclic amines) is 1. The summed E-state index contributed by atoms with van der Waals surface area (Å²) >= 11 is 0. The first-order valence-electron chi connectivity index (χ1n) is 8.11. The van der Waals surface area contributed by atoms with Crippen LogP contribution in [0.2, 0.25) is 0 Å². The van der Waals surface area contributed by atoms with Crippen molar-refractivity contribution in [1.82, 2.24) is 0 Å². The maximum absolute atomic E-state index is 12.5. The molecule has 0 amide bonds. The van der Waals surface area contributed by atoms with Gasteiger partial charge in [-0.3, -0.25) is 9.59 Å². The molecular weight excluding hydrogens is 286 g/mol. The van der Waals surface area contributed by atoms with Crippen molar-refractivity contribution >= 4 is 11.9 Å². The van der Waals surface area contributed by atoms with Crippen molar-refractivity contribution in [3.05, 3.63) is 5.21 Å². The van der Waals surface area contributed by atoms with Crippen LogP contribution in [0.1, 0.15) is 53.4 Å². The molecule has 1 saturated heterocycles. The monoisotopic (exact) mass is 315 g/mol. The molecule has 0 aliphatic carbocycles. The van der Waals surface area contributed by atoms with Gasteiger partial charge in [0.05, 0.1) is 38.6 Å². The van der Waals surface area contributed by atoms with Gasteiger partial charge in [-0.1, -0.05) is 0 Å². The normalized spacial score (nSPS) is 25.6. The van der Waals surface area contributed by atoms with E-state index in [-0.39, 0.29) is 28.9 Å². The average molecular weight is 315 g/mol. The predicted octanol–water partition coefficient (Wildman–Crippen LogP) is 2.40. The fourth-order valence-corrected chi connectivity index (χ4v) is 2.66. The first-order chi connectivity index (χ1) is 10.2. The van der Waals surface area contributed by atoms with Crippen molar-refractivity contribution in [3.8, 4) is 0 Å². The van der Waals surface area contributed by atoms with Crippen LogP contribution in [0.25, 0.3) is 0 Å². The van der Waals surface area contributed by atoms with E-state index in [1.165, 1.54) is 0 Å². The minimum absolute atomic E-state index is 0.147. The van der Waals surface area contributed by atoms with Crippen LogP contribution in [-0.2, 0) is 19.1 Å². The Morgan fingerprint density at radius 1 is 1.23 bits per heavy atom. The molecule has 1 fully saturated rings. The molecule has 0 radical (unpaired) electrons. The molecule has 0 atom stereocenters.